The Balaban J connectivity index is 2.19. The molecule has 0 aromatic heterocycles. The van der Waals surface area contributed by atoms with Gasteiger partial charge < -0.3 is 10.6 Å². The molecule has 2 N–H and O–H groups in total. The number of hydrogen-bond donors (Lipinski definition) is 2. The van der Waals surface area contributed by atoms with Crippen LogP contribution in [-0.4, -0.2) is 31.9 Å². The molecule has 0 amide bonds. The summed E-state index contributed by atoms with van der Waals surface area (Å²) in [6, 6.07) is -0.488. The Hall–Kier alpha value is -0.290. The van der Waals surface area contributed by atoms with Crippen LogP contribution in [0.3, 0.4) is 0 Å². The van der Waals surface area contributed by atoms with Gasteiger partial charge in [-0.1, -0.05) is 6.92 Å². The predicted octanol–water partition coefficient (Wildman–Crippen LogP) is 1.77. The maximum absolute atomic E-state index is 12.0. The second-order valence-electron chi connectivity index (χ2n) is 4.52. The van der Waals surface area contributed by atoms with Crippen molar-refractivity contribution >= 4 is 0 Å². The van der Waals surface area contributed by atoms with E-state index < -0.39 is 18.6 Å². The third-order valence-electron chi connectivity index (χ3n) is 2.94. The van der Waals surface area contributed by atoms with Gasteiger partial charge in [0.05, 0.1) is 6.42 Å². The molecule has 2 nitrogen and oxygen atoms in total. The highest BCUT2D eigenvalue weighted by Crippen LogP contribution is 2.22. The molecule has 0 aromatic carbocycles. The van der Waals surface area contributed by atoms with E-state index in [1.807, 2.05) is 0 Å². The molecule has 0 radical (unpaired) electrons. The van der Waals surface area contributed by atoms with Gasteiger partial charge in [0.2, 0.25) is 0 Å². The molecule has 1 aliphatic heterocycles. The molecule has 0 spiro atoms. The fourth-order valence-electron chi connectivity index (χ4n) is 1.91. The van der Waals surface area contributed by atoms with Crippen molar-refractivity contribution in [1.29, 1.82) is 0 Å². The molecule has 3 atom stereocenters. The summed E-state index contributed by atoms with van der Waals surface area (Å²) in [5, 5.41) is 6.18. The zero-order chi connectivity index (χ0) is 11.5. The maximum Gasteiger partial charge on any atom is 0.390 e. The zero-order valence-corrected chi connectivity index (χ0v) is 9.19. The summed E-state index contributed by atoms with van der Waals surface area (Å²) >= 11 is 0. The molecule has 1 fully saturated rings. The van der Waals surface area contributed by atoms with E-state index in [0.29, 0.717) is 18.4 Å². The Kier molecular flexibility index (Phi) is 4.40. The molecule has 0 aromatic rings. The number of rotatable bonds is 4. The van der Waals surface area contributed by atoms with Gasteiger partial charge in [-0.05, 0) is 38.4 Å². The molecule has 1 heterocycles. The first-order valence-corrected chi connectivity index (χ1v) is 5.39. The lowest BCUT2D eigenvalue weighted by atomic mass is 9.98. The Morgan fingerprint density at radius 2 is 2.07 bits per heavy atom. The third kappa shape index (κ3) is 4.84. The lowest BCUT2D eigenvalue weighted by molar-refractivity contribution is -0.139. The van der Waals surface area contributed by atoms with Gasteiger partial charge in [-0.2, -0.15) is 13.2 Å². The van der Waals surface area contributed by atoms with Crippen LogP contribution in [0.1, 0.15) is 20.3 Å². The monoisotopic (exact) mass is 224 g/mol. The normalized spacial score (nSPS) is 29.4. The van der Waals surface area contributed by atoms with Crippen molar-refractivity contribution in [2.24, 2.45) is 11.8 Å². The molecule has 1 saturated heterocycles. The van der Waals surface area contributed by atoms with E-state index in [1.54, 1.807) is 6.92 Å². The third-order valence-corrected chi connectivity index (χ3v) is 2.94. The second-order valence-corrected chi connectivity index (χ2v) is 4.52. The second kappa shape index (κ2) is 5.16. The van der Waals surface area contributed by atoms with Gasteiger partial charge in [-0.25, -0.2) is 0 Å². The average molecular weight is 224 g/mol. The number of hydrogen-bond acceptors (Lipinski definition) is 2. The van der Waals surface area contributed by atoms with Crippen molar-refractivity contribution in [3.05, 3.63) is 0 Å². The fraction of sp³-hybridized carbons (Fsp3) is 1.00. The quantitative estimate of drug-likeness (QED) is 0.760. The van der Waals surface area contributed by atoms with Gasteiger partial charge in [-0.3, -0.25) is 0 Å². The molecule has 1 unspecified atom stereocenters. The minimum atomic E-state index is -4.06. The van der Waals surface area contributed by atoms with Gasteiger partial charge in [-0.15, -0.1) is 0 Å². The van der Waals surface area contributed by atoms with Gasteiger partial charge in [0.15, 0.2) is 0 Å². The van der Waals surface area contributed by atoms with Crippen molar-refractivity contribution in [3.63, 3.8) is 0 Å². The molecule has 15 heavy (non-hydrogen) atoms. The molecular weight excluding hydrogens is 205 g/mol. The van der Waals surface area contributed by atoms with Gasteiger partial charge in [0.25, 0.3) is 0 Å². The molecule has 5 heteroatoms. The number of nitrogens with one attached hydrogen (secondary N) is 2. The molecule has 90 valence electrons. The lowest BCUT2D eigenvalue weighted by Crippen LogP contribution is -2.36. The van der Waals surface area contributed by atoms with E-state index >= 15 is 0 Å². The van der Waals surface area contributed by atoms with Crippen molar-refractivity contribution in [1.82, 2.24) is 10.6 Å². The summed E-state index contributed by atoms with van der Waals surface area (Å²) in [6.07, 6.45) is -4.81. The number of alkyl halides is 3. The van der Waals surface area contributed by atoms with E-state index in [1.165, 1.54) is 0 Å². The molecule has 0 bridgehead atoms. The van der Waals surface area contributed by atoms with Crippen LogP contribution in [0, 0.1) is 11.8 Å². The predicted molar refractivity (Wildman–Crippen MR) is 53.7 cm³/mol. The molecule has 0 saturated carbocycles. The van der Waals surface area contributed by atoms with Crippen LogP contribution in [-0.2, 0) is 0 Å². The first-order chi connectivity index (χ1) is 6.88. The standard InChI is InChI=1S/C10H19F3N2/c1-7-4-14-5-9(7)6-15-8(2)3-10(11,12)13/h7-9,14-15H,3-6H2,1-2H3/t7-,8?,9+/m1/s1. The van der Waals surface area contributed by atoms with E-state index in [4.69, 9.17) is 0 Å². The highest BCUT2D eigenvalue weighted by molar-refractivity contribution is 4.80. The Labute approximate surface area is 88.6 Å². The maximum atomic E-state index is 12.0. The summed E-state index contributed by atoms with van der Waals surface area (Å²) in [5.74, 6) is 1.01. The van der Waals surface area contributed by atoms with Crippen LogP contribution < -0.4 is 10.6 Å². The van der Waals surface area contributed by atoms with Crippen molar-refractivity contribution in [2.75, 3.05) is 19.6 Å². The van der Waals surface area contributed by atoms with Crippen LogP contribution in [0.5, 0.6) is 0 Å². The van der Waals surface area contributed by atoms with Gasteiger partial charge in [0.1, 0.15) is 0 Å². The Morgan fingerprint density at radius 3 is 2.53 bits per heavy atom. The van der Waals surface area contributed by atoms with Crippen LogP contribution in [0.15, 0.2) is 0 Å². The Bertz CT molecular complexity index is 194. The van der Waals surface area contributed by atoms with Crippen LogP contribution >= 0.6 is 0 Å². The lowest BCUT2D eigenvalue weighted by Gasteiger charge is -2.20. The van der Waals surface area contributed by atoms with Crippen LogP contribution in [0.4, 0.5) is 13.2 Å². The molecular formula is C10H19F3N2. The Morgan fingerprint density at radius 1 is 1.40 bits per heavy atom. The summed E-state index contributed by atoms with van der Waals surface area (Å²) in [4.78, 5) is 0. The van der Waals surface area contributed by atoms with Crippen molar-refractivity contribution in [3.8, 4) is 0 Å². The summed E-state index contributed by atoms with van der Waals surface area (Å²) in [6.45, 7) is 6.26. The number of halogens is 3. The SMILES string of the molecule is CC(CC(F)(F)F)NC[C@@H]1CNC[C@H]1C. The highest BCUT2D eigenvalue weighted by Gasteiger charge is 2.30. The molecule has 1 aliphatic rings. The van der Waals surface area contributed by atoms with Gasteiger partial charge in [0, 0.05) is 6.04 Å². The minimum absolute atomic E-state index is 0.459. The largest absolute Gasteiger partial charge is 0.390 e. The average Bonchev–Trinajstić information content (AvgIpc) is 2.44. The van der Waals surface area contributed by atoms with Gasteiger partial charge >= 0.3 is 6.18 Å². The summed E-state index contributed by atoms with van der Waals surface area (Å²) in [5.41, 5.74) is 0. The topological polar surface area (TPSA) is 24.1 Å². The van der Waals surface area contributed by atoms with E-state index in [9.17, 15) is 13.2 Å². The summed E-state index contributed by atoms with van der Waals surface area (Å²) < 4.78 is 36.1. The fourth-order valence-corrected chi connectivity index (χ4v) is 1.91. The first kappa shape index (κ1) is 12.8. The van der Waals surface area contributed by atoms with Crippen molar-refractivity contribution in [2.45, 2.75) is 32.5 Å². The molecule has 0 aliphatic carbocycles. The van der Waals surface area contributed by atoms with E-state index in [-0.39, 0.29) is 0 Å². The van der Waals surface area contributed by atoms with Crippen molar-refractivity contribution < 1.29 is 13.2 Å². The summed E-state index contributed by atoms with van der Waals surface area (Å²) in [7, 11) is 0. The zero-order valence-electron chi connectivity index (χ0n) is 9.19. The van der Waals surface area contributed by atoms with E-state index in [0.717, 1.165) is 13.1 Å². The highest BCUT2D eigenvalue weighted by atomic mass is 19.4. The van der Waals surface area contributed by atoms with E-state index in [2.05, 4.69) is 17.6 Å². The van der Waals surface area contributed by atoms with Crippen LogP contribution in [0.25, 0.3) is 0 Å². The molecule has 1 rings (SSSR count). The minimum Gasteiger partial charge on any atom is -0.316 e. The first-order valence-electron chi connectivity index (χ1n) is 5.39. The smallest absolute Gasteiger partial charge is 0.316 e. The van der Waals surface area contributed by atoms with Crippen LogP contribution in [0.2, 0.25) is 0 Å².